The minimum Gasteiger partial charge on any atom is -0.550 e. The summed E-state index contributed by atoms with van der Waals surface area (Å²) in [6, 6.07) is 0. The number of carbonyl (C=O) groups is 2. The third-order valence-electron chi connectivity index (χ3n) is 4.24. The maximum atomic E-state index is 10.8. The summed E-state index contributed by atoms with van der Waals surface area (Å²) < 4.78 is 0.582. The van der Waals surface area contributed by atoms with Gasteiger partial charge in [0.25, 0.3) is 0 Å². The predicted octanol–water partition coefficient (Wildman–Crippen LogP) is -1.67. The maximum Gasteiger partial charge on any atom is 1.00 e. The molecule has 6 nitrogen and oxygen atoms in total. The van der Waals surface area contributed by atoms with Crippen molar-refractivity contribution in [1.82, 2.24) is 0 Å². The van der Waals surface area contributed by atoms with E-state index >= 15 is 0 Å². The molecule has 1 unspecified atom stereocenters. The molecule has 1 atom stereocenters. The second-order valence-corrected chi connectivity index (χ2v) is 6.33. The molecule has 7 heteroatoms. The second-order valence-electron chi connectivity index (χ2n) is 6.33. The summed E-state index contributed by atoms with van der Waals surface area (Å²) in [6.07, 6.45) is 9.54. The second kappa shape index (κ2) is 16.7. The van der Waals surface area contributed by atoms with E-state index in [1.54, 1.807) is 0 Å². The molecule has 0 aliphatic carbocycles. The van der Waals surface area contributed by atoms with Gasteiger partial charge in [-0.3, -0.25) is 4.79 Å². The molecule has 0 radical (unpaired) electrons. The Balaban J connectivity index is 0. The molecule has 0 aliphatic rings. The van der Waals surface area contributed by atoms with E-state index in [0.29, 0.717) is 37.0 Å². The predicted molar refractivity (Wildman–Crippen MR) is 91.2 cm³/mol. The topological polar surface area (TPSA) is 97.7 Å². The van der Waals surface area contributed by atoms with Crippen LogP contribution in [0.15, 0.2) is 12.2 Å². The average molecular weight is 350 g/mol. The normalized spacial score (nSPS) is 13.4. The van der Waals surface area contributed by atoms with Crippen molar-refractivity contribution in [2.75, 3.05) is 32.8 Å². The van der Waals surface area contributed by atoms with E-state index < -0.39 is 11.9 Å². The summed E-state index contributed by atoms with van der Waals surface area (Å²) in [5, 5.41) is 28.9. The van der Waals surface area contributed by atoms with E-state index in [1.165, 1.54) is 0 Å². The average Bonchev–Trinajstić information content (AvgIpc) is 2.50. The Kier molecular flexibility index (Phi) is 17.6. The number of quaternary nitrogens is 1. The van der Waals surface area contributed by atoms with Gasteiger partial charge in [-0.05, 0) is 19.3 Å². The Morgan fingerprint density at radius 3 is 2.04 bits per heavy atom. The van der Waals surface area contributed by atoms with Crippen molar-refractivity contribution in [1.29, 1.82) is 0 Å². The Bertz CT molecular complexity index is 368. The molecule has 0 aromatic rings. The molecule has 0 saturated heterocycles. The quantitative estimate of drug-likeness (QED) is 0.150. The van der Waals surface area contributed by atoms with Gasteiger partial charge in [-0.2, -0.15) is 0 Å². The molecule has 0 amide bonds. The molecule has 0 rings (SSSR count). The number of nitrogens with zero attached hydrogens (tertiary/aromatic N) is 1. The van der Waals surface area contributed by atoms with Gasteiger partial charge in [0.05, 0.1) is 32.7 Å². The number of unbranched alkanes of at least 4 members (excludes halogenated alkanes) is 2. The summed E-state index contributed by atoms with van der Waals surface area (Å²) in [6.45, 7) is 4.79. The van der Waals surface area contributed by atoms with Crippen molar-refractivity contribution in [2.24, 2.45) is 0 Å². The summed E-state index contributed by atoms with van der Waals surface area (Å²) in [7, 11) is 0. The smallest absolute Gasteiger partial charge is 0.550 e. The summed E-state index contributed by atoms with van der Waals surface area (Å²) in [5.41, 5.74) is 0. The van der Waals surface area contributed by atoms with Gasteiger partial charge in [0, 0.05) is 25.2 Å². The van der Waals surface area contributed by atoms with Gasteiger partial charge >= 0.3 is 24.8 Å². The Morgan fingerprint density at radius 2 is 1.52 bits per heavy atom. The molecule has 0 bridgehead atoms. The largest absolute Gasteiger partial charge is 1.00 e. The van der Waals surface area contributed by atoms with Crippen molar-refractivity contribution in [2.45, 2.75) is 58.3 Å². The van der Waals surface area contributed by atoms with Gasteiger partial charge in [-0.15, -0.1) is 0 Å². The van der Waals surface area contributed by atoms with Crippen LogP contribution >= 0.6 is 0 Å². The van der Waals surface area contributed by atoms with E-state index in [2.05, 4.69) is 19.1 Å². The summed E-state index contributed by atoms with van der Waals surface area (Å²) in [4.78, 5) is 21.4. The Labute approximate surface area is 163 Å². The SMILES string of the molecule is CCC/C=C/CCC[N+](CCO)(CCCC(=O)[O-])CCCC(=O)O.[Li+]. The number of hydrogen-bond donors (Lipinski definition) is 2. The molecular weight excluding hydrogens is 317 g/mol. The van der Waals surface area contributed by atoms with Gasteiger partial charge < -0.3 is 24.6 Å². The third-order valence-corrected chi connectivity index (χ3v) is 4.24. The zero-order valence-electron chi connectivity index (χ0n) is 15.9. The number of carboxylic acid groups (broad SMARTS) is 2. The van der Waals surface area contributed by atoms with E-state index in [0.717, 1.165) is 32.2 Å². The van der Waals surface area contributed by atoms with Crippen LogP contribution in [0.2, 0.25) is 0 Å². The minimum absolute atomic E-state index is 0. The van der Waals surface area contributed by atoms with Crippen molar-refractivity contribution in [3.63, 3.8) is 0 Å². The first-order valence-electron chi connectivity index (χ1n) is 8.98. The minimum atomic E-state index is -1.06. The van der Waals surface area contributed by atoms with Crippen LogP contribution in [-0.4, -0.2) is 59.4 Å². The molecule has 0 aliphatic heterocycles. The number of allylic oxidation sites excluding steroid dienone is 2. The Morgan fingerprint density at radius 1 is 0.960 bits per heavy atom. The first-order valence-corrected chi connectivity index (χ1v) is 8.98. The van der Waals surface area contributed by atoms with Crippen LogP contribution in [0.5, 0.6) is 0 Å². The molecule has 0 aromatic heterocycles. The van der Waals surface area contributed by atoms with Crippen molar-refractivity contribution in [3.05, 3.63) is 12.2 Å². The molecule has 0 aromatic carbocycles. The number of aliphatic carboxylic acids is 2. The van der Waals surface area contributed by atoms with Crippen molar-refractivity contribution < 1.29 is 48.3 Å². The molecule has 2 N–H and O–H groups in total. The van der Waals surface area contributed by atoms with Crippen LogP contribution in [0.4, 0.5) is 0 Å². The zero-order valence-corrected chi connectivity index (χ0v) is 15.9. The maximum absolute atomic E-state index is 10.8. The van der Waals surface area contributed by atoms with E-state index in [-0.39, 0.29) is 38.3 Å². The standard InChI is InChI=1S/C18H33NO5.Li/c1-2-3-4-5-6-7-12-19(15-16-20,13-8-10-17(21)22)14-9-11-18(23)24;/h4-5,20H,2-3,6-16H2,1H3,(H-,21,22,23,24);/q;+1/b5-4+;. The van der Waals surface area contributed by atoms with Gasteiger partial charge in [-0.1, -0.05) is 25.5 Å². The van der Waals surface area contributed by atoms with Crippen LogP contribution in [0.3, 0.4) is 0 Å². The monoisotopic (exact) mass is 350 g/mol. The van der Waals surface area contributed by atoms with Gasteiger partial charge in [0.2, 0.25) is 0 Å². The van der Waals surface area contributed by atoms with Crippen LogP contribution in [0, 0.1) is 0 Å². The van der Waals surface area contributed by atoms with Gasteiger partial charge in [0.15, 0.2) is 0 Å². The molecule has 0 heterocycles. The fourth-order valence-corrected chi connectivity index (χ4v) is 2.95. The number of aliphatic hydroxyl groups excluding tert-OH is 1. The number of rotatable bonds is 16. The van der Waals surface area contributed by atoms with E-state index in [9.17, 15) is 19.8 Å². The number of carbonyl (C=O) groups excluding carboxylic acids is 1. The fraction of sp³-hybridized carbons (Fsp3) is 0.778. The number of aliphatic hydroxyl groups is 1. The Hall–Kier alpha value is -0.803. The first kappa shape index (κ1) is 26.4. The summed E-state index contributed by atoms with van der Waals surface area (Å²) in [5.74, 6) is -1.89. The first-order chi connectivity index (χ1) is 11.5. The van der Waals surface area contributed by atoms with E-state index in [4.69, 9.17) is 5.11 Å². The molecule has 140 valence electrons. The number of hydrogen-bond acceptors (Lipinski definition) is 4. The fourth-order valence-electron chi connectivity index (χ4n) is 2.95. The number of carboxylic acids is 2. The van der Waals surface area contributed by atoms with Crippen molar-refractivity contribution in [3.8, 4) is 0 Å². The van der Waals surface area contributed by atoms with Gasteiger partial charge in [0.1, 0.15) is 6.54 Å². The molecular formula is C18H33LiNO5+. The molecule has 25 heavy (non-hydrogen) atoms. The van der Waals surface area contributed by atoms with Crippen LogP contribution in [0.1, 0.15) is 58.3 Å². The van der Waals surface area contributed by atoms with Crippen LogP contribution < -0.4 is 24.0 Å². The molecule has 0 spiro atoms. The van der Waals surface area contributed by atoms with E-state index in [1.807, 2.05) is 0 Å². The van der Waals surface area contributed by atoms with Gasteiger partial charge in [-0.25, -0.2) is 0 Å². The van der Waals surface area contributed by atoms with Crippen LogP contribution in [-0.2, 0) is 9.59 Å². The van der Waals surface area contributed by atoms with Crippen molar-refractivity contribution >= 4 is 11.9 Å². The zero-order chi connectivity index (χ0) is 18.3. The molecule has 0 saturated carbocycles. The van der Waals surface area contributed by atoms with Crippen LogP contribution in [0.25, 0.3) is 0 Å². The molecule has 0 fully saturated rings. The summed E-state index contributed by atoms with van der Waals surface area (Å²) >= 11 is 0. The third kappa shape index (κ3) is 15.2.